The number of carbonyl (C=O) groups excluding carboxylic acids is 1. The second-order valence-corrected chi connectivity index (χ2v) is 7.80. The van der Waals surface area contributed by atoms with Gasteiger partial charge < -0.3 is 4.90 Å². The highest BCUT2D eigenvalue weighted by molar-refractivity contribution is 7.91. The second-order valence-electron chi connectivity index (χ2n) is 5.69. The van der Waals surface area contributed by atoms with Crippen LogP contribution < -0.4 is 4.90 Å². The first-order chi connectivity index (χ1) is 9.94. The minimum absolute atomic E-state index is 0.187. The monoisotopic (exact) mass is 309 g/mol. The van der Waals surface area contributed by atoms with E-state index in [1.165, 1.54) is 0 Å². The molecule has 21 heavy (non-hydrogen) atoms. The van der Waals surface area contributed by atoms with Crippen molar-refractivity contribution in [3.8, 4) is 0 Å². The Labute approximate surface area is 127 Å². The number of anilines is 1. The number of carbonyl (C=O) groups is 1. The molecule has 2 rings (SSSR count). The first-order valence-corrected chi connectivity index (χ1v) is 9.16. The van der Waals surface area contributed by atoms with Gasteiger partial charge in [0.15, 0.2) is 9.84 Å². The third-order valence-electron chi connectivity index (χ3n) is 4.14. The number of Topliss-reactive ketones (excluding diaryl/α,β-unsaturated/α-hetero) is 1. The van der Waals surface area contributed by atoms with Gasteiger partial charge in [-0.2, -0.15) is 0 Å². The highest BCUT2D eigenvalue weighted by atomic mass is 32.2. The lowest BCUT2D eigenvalue weighted by Crippen LogP contribution is -2.35. The lowest BCUT2D eigenvalue weighted by molar-refractivity contribution is -0.120. The molecule has 0 unspecified atom stereocenters. The fourth-order valence-electron chi connectivity index (χ4n) is 2.80. The summed E-state index contributed by atoms with van der Waals surface area (Å²) in [7, 11) is -1.14. The average Bonchev–Trinajstić information content (AvgIpc) is 2.47. The van der Waals surface area contributed by atoms with Gasteiger partial charge in [0, 0.05) is 31.6 Å². The van der Waals surface area contributed by atoms with E-state index in [-0.39, 0.29) is 5.75 Å². The van der Waals surface area contributed by atoms with E-state index in [0.717, 1.165) is 18.5 Å². The van der Waals surface area contributed by atoms with E-state index >= 15 is 0 Å². The molecule has 0 N–H and O–H groups in total. The number of benzene rings is 1. The van der Waals surface area contributed by atoms with E-state index in [1.54, 1.807) is 12.1 Å². The van der Waals surface area contributed by atoms with Gasteiger partial charge in [-0.25, -0.2) is 8.42 Å². The minimum atomic E-state index is -3.15. The van der Waals surface area contributed by atoms with Crippen LogP contribution in [0.5, 0.6) is 0 Å². The maximum Gasteiger partial charge on any atom is 0.178 e. The largest absolute Gasteiger partial charge is 0.372 e. The van der Waals surface area contributed by atoms with Crippen molar-refractivity contribution in [1.29, 1.82) is 0 Å². The van der Waals surface area contributed by atoms with Gasteiger partial charge in [0.1, 0.15) is 5.78 Å². The summed E-state index contributed by atoms with van der Waals surface area (Å²) in [5, 5.41) is 0. The molecular weight excluding hydrogens is 286 g/mol. The highest BCUT2D eigenvalue weighted by Crippen LogP contribution is 2.26. The fraction of sp³-hybridized carbons (Fsp3) is 0.562. The summed E-state index contributed by atoms with van der Waals surface area (Å²) in [5.74, 6) is 0.535. The van der Waals surface area contributed by atoms with Gasteiger partial charge in [-0.1, -0.05) is 6.92 Å². The number of ketones is 1. The van der Waals surface area contributed by atoms with Crippen LogP contribution in [0.15, 0.2) is 29.2 Å². The van der Waals surface area contributed by atoms with Gasteiger partial charge in [0.25, 0.3) is 0 Å². The van der Waals surface area contributed by atoms with Crippen LogP contribution in [0.4, 0.5) is 5.69 Å². The molecule has 0 aromatic heterocycles. The van der Waals surface area contributed by atoms with Gasteiger partial charge in [0.2, 0.25) is 0 Å². The molecule has 0 heterocycles. The Kier molecular flexibility index (Phi) is 5.04. The van der Waals surface area contributed by atoms with E-state index < -0.39 is 9.84 Å². The van der Waals surface area contributed by atoms with Crippen molar-refractivity contribution >= 4 is 21.3 Å². The molecule has 1 saturated carbocycles. The Balaban J connectivity index is 2.10. The predicted octanol–water partition coefficient (Wildman–Crippen LogP) is 2.82. The second kappa shape index (κ2) is 6.60. The fourth-order valence-corrected chi connectivity index (χ4v) is 4.12. The molecule has 0 spiro atoms. The molecule has 0 atom stereocenters. The summed E-state index contributed by atoms with van der Waals surface area (Å²) in [6.45, 7) is 1.87. The lowest BCUT2D eigenvalue weighted by atomic mass is 9.93. The number of sulfone groups is 1. The molecule has 0 saturated heterocycles. The molecule has 1 aliphatic rings. The summed E-state index contributed by atoms with van der Waals surface area (Å²) < 4.78 is 24.0. The van der Waals surface area contributed by atoms with Crippen LogP contribution in [0.3, 0.4) is 0 Å². The van der Waals surface area contributed by atoms with E-state index in [9.17, 15) is 13.2 Å². The highest BCUT2D eigenvalue weighted by Gasteiger charge is 2.22. The first kappa shape index (κ1) is 16.0. The van der Waals surface area contributed by atoms with Crippen LogP contribution in [0.2, 0.25) is 0 Å². The molecule has 1 aromatic carbocycles. The Morgan fingerprint density at radius 3 is 2.24 bits per heavy atom. The first-order valence-electron chi connectivity index (χ1n) is 7.51. The van der Waals surface area contributed by atoms with Crippen molar-refractivity contribution in [1.82, 2.24) is 0 Å². The van der Waals surface area contributed by atoms with Crippen LogP contribution in [0.1, 0.15) is 39.0 Å². The van der Waals surface area contributed by atoms with E-state index in [0.29, 0.717) is 36.0 Å². The van der Waals surface area contributed by atoms with Crippen molar-refractivity contribution < 1.29 is 13.2 Å². The SMILES string of the molecule is CCCS(=O)(=O)c1ccc(N(C)C2CCC(=O)CC2)cc1. The van der Waals surface area contributed by atoms with Crippen LogP contribution >= 0.6 is 0 Å². The van der Waals surface area contributed by atoms with Crippen molar-refractivity contribution in [2.45, 2.75) is 50.0 Å². The number of hydrogen-bond acceptors (Lipinski definition) is 4. The quantitative estimate of drug-likeness (QED) is 0.839. The molecule has 1 aliphatic carbocycles. The Morgan fingerprint density at radius 1 is 1.14 bits per heavy atom. The van der Waals surface area contributed by atoms with E-state index in [1.807, 2.05) is 26.1 Å². The number of hydrogen-bond donors (Lipinski definition) is 0. The zero-order chi connectivity index (χ0) is 15.5. The molecule has 4 nitrogen and oxygen atoms in total. The summed E-state index contributed by atoms with van der Waals surface area (Å²) >= 11 is 0. The lowest BCUT2D eigenvalue weighted by Gasteiger charge is -2.32. The molecule has 5 heteroatoms. The van der Waals surface area contributed by atoms with E-state index in [4.69, 9.17) is 0 Å². The number of nitrogens with zero attached hydrogens (tertiary/aromatic N) is 1. The van der Waals surface area contributed by atoms with Gasteiger partial charge in [-0.05, 0) is 43.5 Å². The third kappa shape index (κ3) is 3.84. The van der Waals surface area contributed by atoms with Crippen LogP contribution in [-0.4, -0.2) is 33.0 Å². The molecular formula is C16H23NO3S. The molecule has 1 fully saturated rings. The molecule has 1 aromatic rings. The van der Waals surface area contributed by atoms with Crippen LogP contribution in [0.25, 0.3) is 0 Å². The Hall–Kier alpha value is -1.36. The molecule has 0 radical (unpaired) electrons. The van der Waals surface area contributed by atoms with Crippen LogP contribution in [0, 0.1) is 0 Å². The minimum Gasteiger partial charge on any atom is -0.372 e. The average molecular weight is 309 g/mol. The Morgan fingerprint density at radius 2 is 1.71 bits per heavy atom. The summed E-state index contributed by atoms with van der Waals surface area (Å²) in [4.78, 5) is 13.8. The molecule has 116 valence electrons. The maximum atomic E-state index is 12.0. The van der Waals surface area contributed by atoms with Gasteiger partial charge in [0.05, 0.1) is 10.6 Å². The maximum absolute atomic E-state index is 12.0. The summed E-state index contributed by atoms with van der Waals surface area (Å²) in [5.41, 5.74) is 1.00. The van der Waals surface area contributed by atoms with Gasteiger partial charge in [-0.15, -0.1) is 0 Å². The van der Waals surface area contributed by atoms with Crippen molar-refractivity contribution in [3.05, 3.63) is 24.3 Å². The Bertz CT molecular complexity index is 582. The standard InChI is InChI=1S/C16H23NO3S/c1-3-12-21(19,20)16-10-6-14(7-11-16)17(2)13-4-8-15(18)9-5-13/h6-7,10-11,13H,3-5,8-9,12H2,1-2H3. The molecule has 0 aliphatic heterocycles. The summed E-state index contributed by atoms with van der Waals surface area (Å²) in [6.07, 6.45) is 3.69. The smallest absolute Gasteiger partial charge is 0.178 e. The predicted molar refractivity (Wildman–Crippen MR) is 84.5 cm³/mol. The zero-order valence-corrected chi connectivity index (χ0v) is 13.5. The molecule has 0 amide bonds. The van der Waals surface area contributed by atoms with Gasteiger partial charge >= 0.3 is 0 Å². The summed E-state index contributed by atoms with van der Waals surface area (Å²) in [6, 6.07) is 7.45. The van der Waals surface area contributed by atoms with Crippen molar-refractivity contribution in [2.24, 2.45) is 0 Å². The number of rotatable bonds is 5. The van der Waals surface area contributed by atoms with Crippen LogP contribution in [-0.2, 0) is 14.6 Å². The third-order valence-corrected chi connectivity index (χ3v) is 6.07. The van der Waals surface area contributed by atoms with Gasteiger partial charge in [-0.3, -0.25) is 4.79 Å². The zero-order valence-electron chi connectivity index (χ0n) is 12.7. The van der Waals surface area contributed by atoms with Crippen molar-refractivity contribution in [2.75, 3.05) is 17.7 Å². The normalized spacial score (nSPS) is 17.0. The molecule has 0 bridgehead atoms. The van der Waals surface area contributed by atoms with Crippen molar-refractivity contribution in [3.63, 3.8) is 0 Å². The van der Waals surface area contributed by atoms with E-state index in [2.05, 4.69) is 4.90 Å². The topological polar surface area (TPSA) is 54.5 Å².